The van der Waals surface area contributed by atoms with Crippen LogP contribution in [-0.4, -0.2) is 19.0 Å². The molecule has 5 rings (SSSR count). The highest BCUT2D eigenvalue weighted by molar-refractivity contribution is 5.78. The van der Waals surface area contributed by atoms with Gasteiger partial charge in [0.15, 0.2) is 0 Å². The molecule has 4 heteroatoms. The summed E-state index contributed by atoms with van der Waals surface area (Å²) in [5.41, 5.74) is 7.08. The Balaban J connectivity index is 1.32. The minimum atomic E-state index is -0.413. The Morgan fingerprint density at radius 3 is 1.47 bits per heavy atom. The molecule has 0 atom stereocenters. The fourth-order valence-electron chi connectivity index (χ4n) is 4.05. The largest absolute Gasteiger partial charge is 0.378 e. The molecule has 0 spiro atoms. The Morgan fingerprint density at radius 2 is 1.05 bits per heavy atom. The van der Waals surface area contributed by atoms with Gasteiger partial charge in [0.05, 0.1) is 4.92 Å². The molecular formula is C34H24N2O2. The monoisotopic (exact) mass is 492 g/mol. The summed E-state index contributed by atoms with van der Waals surface area (Å²) < 4.78 is 0. The van der Waals surface area contributed by atoms with Gasteiger partial charge in [0, 0.05) is 54.2 Å². The van der Waals surface area contributed by atoms with Crippen molar-refractivity contribution in [2.45, 2.75) is 0 Å². The van der Waals surface area contributed by atoms with Gasteiger partial charge in [-0.1, -0.05) is 60.1 Å². The molecule has 0 bridgehead atoms. The smallest absolute Gasteiger partial charge is 0.269 e. The van der Waals surface area contributed by atoms with E-state index in [1.54, 1.807) is 12.1 Å². The van der Waals surface area contributed by atoms with Crippen molar-refractivity contribution in [3.8, 4) is 23.7 Å². The van der Waals surface area contributed by atoms with Crippen molar-refractivity contribution < 1.29 is 4.92 Å². The van der Waals surface area contributed by atoms with Crippen LogP contribution in [0.3, 0.4) is 0 Å². The second kappa shape index (κ2) is 10.7. The first-order valence-electron chi connectivity index (χ1n) is 12.1. The fraction of sp³-hybridized carbons (Fsp3) is 0.0588. The number of rotatable bonds is 2. The summed E-state index contributed by atoms with van der Waals surface area (Å²) in [6.45, 7) is 0. The summed E-state index contributed by atoms with van der Waals surface area (Å²) in [5.74, 6) is 12.7. The maximum Gasteiger partial charge on any atom is 0.269 e. The van der Waals surface area contributed by atoms with Gasteiger partial charge in [-0.3, -0.25) is 10.1 Å². The van der Waals surface area contributed by atoms with Crippen LogP contribution in [0.2, 0.25) is 0 Å². The molecule has 0 amide bonds. The van der Waals surface area contributed by atoms with Crippen LogP contribution in [0.25, 0.3) is 11.1 Å². The molecule has 3 aromatic rings. The zero-order valence-corrected chi connectivity index (χ0v) is 21.1. The maximum absolute atomic E-state index is 10.8. The van der Waals surface area contributed by atoms with Crippen LogP contribution in [0.15, 0.2) is 120 Å². The van der Waals surface area contributed by atoms with Crippen LogP contribution in [0.1, 0.15) is 11.1 Å². The molecule has 0 heterocycles. The molecule has 4 nitrogen and oxygen atoms in total. The predicted octanol–water partition coefficient (Wildman–Crippen LogP) is 5.06. The number of allylic oxidation sites excluding steroid dienone is 8. The van der Waals surface area contributed by atoms with Crippen LogP contribution in [0.4, 0.5) is 11.4 Å². The summed E-state index contributed by atoms with van der Waals surface area (Å²) in [6.07, 6.45) is 12.4. The van der Waals surface area contributed by atoms with Gasteiger partial charge in [0.2, 0.25) is 0 Å². The first-order chi connectivity index (χ1) is 18.4. The number of hydrogen-bond donors (Lipinski definition) is 0. The van der Waals surface area contributed by atoms with Gasteiger partial charge in [0.25, 0.3) is 5.69 Å². The van der Waals surface area contributed by atoms with Gasteiger partial charge in [-0.15, -0.1) is 0 Å². The maximum atomic E-state index is 10.8. The van der Waals surface area contributed by atoms with Crippen LogP contribution in [0, 0.1) is 33.8 Å². The van der Waals surface area contributed by atoms with Crippen LogP contribution >= 0.6 is 0 Å². The molecular weight excluding hydrogens is 468 g/mol. The molecule has 0 saturated carbocycles. The molecule has 3 aromatic carbocycles. The van der Waals surface area contributed by atoms with E-state index in [0.717, 1.165) is 49.5 Å². The summed E-state index contributed by atoms with van der Waals surface area (Å²) in [6, 6.07) is 23.0. The summed E-state index contributed by atoms with van der Waals surface area (Å²) >= 11 is 0. The van der Waals surface area contributed by atoms with Crippen molar-refractivity contribution in [2.24, 2.45) is 0 Å². The lowest BCUT2D eigenvalue weighted by molar-refractivity contribution is -0.384. The van der Waals surface area contributed by atoms with Crippen molar-refractivity contribution in [1.82, 2.24) is 0 Å². The highest BCUT2D eigenvalue weighted by atomic mass is 16.6. The molecule has 0 aliphatic heterocycles. The third-order valence-electron chi connectivity index (χ3n) is 6.22. The quantitative estimate of drug-likeness (QED) is 0.286. The molecule has 0 saturated heterocycles. The van der Waals surface area contributed by atoms with Crippen LogP contribution in [-0.2, 0) is 0 Å². The van der Waals surface area contributed by atoms with Gasteiger partial charge in [0.1, 0.15) is 0 Å². The second-order valence-corrected chi connectivity index (χ2v) is 9.10. The second-order valence-electron chi connectivity index (χ2n) is 9.10. The van der Waals surface area contributed by atoms with E-state index in [-0.39, 0.29) is 5.69 Å². The van der Waals surface area contributed by atoms with Crippen molar-refractivity contribution in [3.05, 3.63) is 152 Å². The van der Waals surface area contributed by atoms with E-state index in [0.29, 0.717) is 0 Å². The standard InChI is InChI=1S/C34H24N2O2/c1-35(2)33-19-9-25(10-20-33)3-5-27-7-13-31(23-27)29-15-17-30(18-16-29)32-14-8-28(24-32)6-4-26-11-21-34(22-12-26)36(37)38/h7-24H,1-2H3. The first kappa shape index (κ1) is 24.4. The number of non-ortho nitro benzene ring substituents is 1. The highest BCUT2D eigenvalue weighted by Crippen LogP contribution is 2.17. The highest BCUT2D eigenvalue weighted by Gasteiger charge is 2.04. The summed E-state index contributed by atoms with van der Waals surface area (Å²) in [5, 5.41) is 13.1. The van der Waals surface area contributed by atoms with Crippen molar-refractivity contribution in [1.29, 1.82) is 0 Å². The lowest BCUT2D eigenvalue weighted by atomic mass is 10.1. The van der Waals surface area contributed by atoms with Crippen molar-refractivity contribution in [2.75, 3.05) is 19.0 Å². The van der Waals surface area contributed by atoms with E-state index in [1.165, 1.54) is 12.1 Å². The molecule has 0 radical (unpaired) electrons. The Labute approximate surface area is 222 Å². The topological polar surface area (TPSA) is 46.4 Å². The number of benzene rings is 3. The van der Waals surface area contributed by atoms with Crippen molar-refractivity contribution in [3.63, 3.8) is 0 Å². The van der Waals surface area contributed by atoms with Gasteiger partial charge in [-0.25, -0.2) is 0 Å². The van der Waals surface area contributed by atoms with E-state index in [1.807, 2.05) is 32.3 Å². The molecule has 0 aromatic heterocycles. The molecule has 2 aliphatic rings. The Bertz CT molecular complexity index is 1770. The van der Waals surface area contributed by atoms with E-state index >= 15 is 0 Å². The van der Waals surface area contributed by atoms with E-state index < -0.39 is 4.92 Å². The third-order valence-corrected chi connectivity index (χ3v) is 6.22. The predicted molar refractivity (Wildman–Crippen MR) is 155 cm³/mol. The zero-order chi connectivity index (χ0) is 26.5. The molecule has 38 heavy (non-hydrogen) atoms. The van der Waals surface area contributed by atoms with E-state index in [2.05, 4.69) is 95.4 Å². The number of anilines is 1. The molecule has 2 aliphatic carbocycles. The lowest BCUT2D eigenvalue weighted by Crippen LogP contribution is -2.10. The van der Waals surface area contributed by atoms with Gasteiger partial charge < -0.3 is 4.90 Å². The SMILES string of the molecule is CN(C)c1ccc(C#CC2=CC(=c3ccc(=C4C=CC(C#Cc5ccc([N+](=O)[O-])cc5)=C4)cc3)C=C2)cc1. The van der Waals surface area contributed by atoms with E-state index in [4.69, 9.17) is 0 Å². The zero-order valence-electron chi connectivity index (χ0n) is 21.1. The number of hydrogen-bond acceptors (Lipinski definition) is 3. The number of nitro benzene ring substituents is 1. The molecule has 182 valence electrons. The number of nitrogens with zero attached hydrogens (tertiary/aromatic N) is 2. The molecule has 0 N–H and O–H groups in total. The van der Waals surface area contributed by atoms with Gasteiger partial charge in [-0.05, 0) is 82.3 Å². The average Bonchev–Trinajstić information content (AvgIpc) is 3.61. The molecule has 0 fully saturated rings. The van der Waals surface area contributed by atoms with E-state index in [9.17, 15) is 10.1 Å². The Kier molecular flexibility index (Phi) is 6.89. The van der Waals surface area contributed by atoms with Gasteiger partial charge in [-0.2, -0.15) is 0 Å². The van der Waals surface area contributed by atoms with Crippen LogP contribution in [0.5, 0.6) is 0 Å². The fourth-order valence-corrected chi connectivity index (χ4v) is 4.05. The Morgan fingerprint density at radius 1 is 0.605 bits per heavy atom. The first-order valence-corrected chi connectivity index (χ1v) is 12.1. The normalized spacial score (nSPS) is 13.3. The summed E-state index contributed by atoms with van der Waals surface area (Å²) in [4.78, 5) is 12.5. The Hall–Kier alpha value is -5.32. The van der Waals surface area contributed by atoms with Gasteiger partial charge >= 0.3 is 0 Å². The minimum Gasteiger partial charge on any atom is -0.378 e. The average molecular weight is 493 g/mol. The minimum absolute atomic E-state index is 0.0616. The number of nitro groups is 1. The van der Waals surface area contributed by atoms with Crippen LogP contribution < -0.4 is 15.3 Å². The lowest BCUT2D eigenvalue weighted by Gasteiger charge is -2.11. The molecule has 0 unspecified atom stereocenters. The third kappa shape index (κ3) is 5.73. The summed E-state index contributed by atoms with van der Waals surface area (Å²) in [7, 11) is 4.05. The van der Waals surface area contributed by atoms with Crippen molar-refractivity contribution >= 4 is 22.5 Å².